The summed E-state index contributed by atoms with van der Waals surface area (Å²) < 4.78 is 2.10. The van der Waals surface area contributed by atoms with E-state index in [9.17, 15) is 0 Å². The van der Waals surface area contributed by atoms with Gasteiger partial charge in [0.05, 0.1) is 23.5 Å². The molecule has 0 spiro atoms. The van der Waals surface area contributed by atoms with Crippen molar-refractivity contribution >= 4 is 11.6 Å². The molecular weight excluding hydrogens is 260 g/mol. The van der Waals surface area contributed by atoms with E-state index < -0.39 is 0 Å². The van der Waals surface area contributed by atoms with Crippen molar-refractivity contribution < 1.29 is 0 Å². The molecule has 1 aromatic rings. The Morgan fingerprint density at radius 2 is 2.32 bits per heavy atom. The molecule has 1 fully saturated rings. The predicted octanol–water partition coefficient (Wildman–Crippen LogP) is 2.13. The second-order valence-corrected chi connectivity index (χ2v) is 6.56. The van der Waals surface area contributed by atoms with Crippen molar-refractivity contribution in [1.29, 1.82) is 0 Å². The fourth-order valence-electron chi connectivity index (χ4n) is 3.13. The second kappa shape index (κ2) is 5.81. The van der Waals surface area contributed by atoms with Crippen molar-refractivity contribution in [3.8, 4) is 0 Å². The third-order valence-corrected chi connectivity index (χ3v) is 4.55. The Morgan fingerprint density at radius 3 is 2.89 bits per heavy atom. The van der Waals surface area contributed by atoms with E-state index in [2.05, 4.69) is 41.0 Å². The molecule has 1 aliphatic rings. The molecule has 0 aliphatic heterocycles. The summed E-state index contributed by atoms with van der Waals surface area (Å²) in [7, 11) is 6.21. The van der Waals surface area contributed by atoms with Crippen LogP contribution >= 0.6 is 11.6 Å². The smallest absolute Gasteiger partial charge is 0.0823 e. The van der Waals surface area contributed by atoms with Crippen LogP contribution in [0, 0.1) is 0 Å². The Bertz CT molecular complexity index is 429. The van der Waals surface area contributed by atoms with E-state index in [0.717, 1.165) is 24.5 Å². The highest BCUT2D eigenvalue weighted by Crippen LogP contribution is 2.43. The summed E-state index contributed by atoms with van der Waals surface area (Å²) in [6.45, 7) is 4.20. The van der Waals surface area contributed by atoms with Gasteiger partial charge < -0.3 is 10.2 Å². The number of rotatable bonds is 5. The van der Waals surface area contributed by atoms with Crippen molar-refractivity contribution in [3.63, 3.8) is 0 Å². The zero-order valence-corrected chi connectivity index (χ0v) is 13.2. The quantitative estimate of drug-likeness (QED) is 0.899. The maximum Gasteiger partial charge on any atom is 0.0823 e. The number of aromatic nitrogens is 2. The van der Waals surface area contributed by atoms with E-state index in [4.69, 9.17) is 11.6 Å². The van der Waals surface area contributed by atoms with Gasteiger partial charge in [0.1, 0.15) is 0 Å². The monoisotopic (exact) mass is 284 g/mol. The van der Waals surface area contributed by atoms with E-state index in [1.54, 1.807) is 6.20 Å². The van der Waals surface area contributed by atoms with Gasteiger partial charge in [-0.25, -0.2) is 0 Å². The van der Waals surface area contributed by atoms with Crippen molar-refractivity contribution in [2.75, 3.05) is 27.7 Å². The number of hydrogen-bond acceptors (Lipinski definition) is 3. The maximum absolute atomic E-state index is 6.40. The van der Waals surface area contributed by atoms with Crippen LogP contribution in [0.5, 0.6) is 0 Å². The summed E-state index contributed by atoms with van der Waals surface area (Å²) >= 11 is 6.40. The zero-order chi connectivity index (χ0) is 14.0. The fraction of sp³-hybridized carbons (Fsp3) is 0.786. The second-order valence-electron chi connectivity index (χ2n) is 6.16. The average Bonchev–Trinajstić information content (AvgIpc) is 2.91. The molecule has 5 heteroatoms. The minimum absolute atomic E-state index is 0.146. The highest BCUT2D eigenvalue weighted by molar-refractivity contribution is 6.31. The van der Waals surface area contributed by atoms with Gasteiger partial charge in [-0.3, -0.25) is 4.68 Å². The van der Waals surface area contributed by atoms with Gasteiger partial charge in [0, 0.05) is 18.0 Å². The summed E-state index contributed by atoms with van der Waals surface area (Å²) in [4.78, 5) is 2.17. The number of likely N-dealkylation sites (N-methyl/N-ethyl adjacent to an activating group) is 1. The normalized spacial score (nSPS) is 27.4. The Labute approximate surface area is 121 Å². The van der Waals surface area contributed by atoms with Crippen LogP contribution in [0.2, 0.25) is 5.02 Å². The number of hydrogen-bond donors (Lipinski definition) is 1. The molecule has 0 aromatic carbocycles. The average molecular weight is 285 g/mol. The van der Waals surface area contributed by atoms with Crippen molar-refractivity contribution in [2.24, 2.45) is 0 Å². The SMILES string of the molecule is CNC1CCC(C)(c2c(Cl)cnn2CCN(C)C)C1. The minimum atomic E-state index is 0.146. The van der Waals surface area contributed by atoms with Crippen LogP contribution in [0.15, 0.2) is 6.20 Å². The lowest BCUT2D eigenvalue weighted by atomic mass is 9.84. The first-order chi connectivity index (χ1) is 8.96. The molecule has 0 radical (unpaired) electrons. The van der Waals surface area contributed by atoms with Gasteiger partial charge in [0.25, 0.3) is 0 Å². The molecular formula is C14H25ClN4. The van der Waals surface area contributed by atoms with E-state index in [1.807, 2.05) is 7.05 Å². The molecule has 108 valence electrons. The van der Waals surface area contributed by atoms with Gasteiger partial charge in [-0.1, -0.05) is 18.5 Å². The first-order valence-electron chi connectivity index (χ1n) is 7.00. The minimum Gasteiger partial charge on any atom is -0.317 e. The Kier molecular flexibility index (Phi) is 4.54. The Balaban J connectivity index is 2.21. The van der Waals surface area contributed by atoms with E-state index >= 15 is 0 Å². The first kappa shape index (κ1) is 14.8. The van der Waals surface area contributed by atoms with E-state index in [1.165, 1.54) is 18.5 Å². The Morgan fingerprint density at radius 1 is 1.58 bits per heavy atom. The third kappa shape index (κ3) is 3.12. The summed E-state index contributed by atoms with van der Waals surface area (Å²) in [6, 6.07) is 0.596. The van der Waals surface area contributed by atoms with Crippen molar-refractivity contribution in [1.82, 2.24) is 20.0 Å². The van der Waals surface area contributed by atoms with Gasteiger partial charge >= 0.3 is 0 Å². The topological polar surface area (TPSA) is 33.1 Å². The third-order valence-electron chi connectivity index (χ3n) is 4.28. The molecule has 1 saturated carbocycles. The highest BCUT2D eigenvalue weighted by Gasteiger charge is 2.39. The molecule has 1 heterocycles. The van der Waals surface area contributed by atoms with Crippen LogP contribution < -0.4 is 5.32 Å². The highest BCUT2D eigenvalue weighted by atomic mass is 35.5. The van der Waals surface area contributed by atoms with Gasteiger partial charge in [-0.15, -0.1) is 0 Å². The number of halogens is 1. The fourth-order valence-corrected chi connectivity index (χ4v) is 3.50. The van der Waals surface area contributed by atoms with Crippen LogP contribution in [0.3, 0.4) is 0 Å². The molecule has 19 heavy (non-hydrogen) atoms. The molecule has 4 nitrogen and oxygen atoms in total. The van der Waals surface area contributed by atoms with Crippen LogP contribution in [-0.2, 0) is 12.0 Å². The van der Waals surface area contributed by atoms with E-state index in [0.29, 0.717) is 6.04 Å². The van der Waals surface area contributed by atoms with Crippen LogP contribution in [-0.4, -0.2) is 48.4 Å². The summed E-state index contributed by atoms with van der Waals surface area (Å²) in [5.74, 6) is 0. The molecule has 2 unspecified atom stereocenters. The predicted molar refractivity (Wildman–Crippen MR) is 79.8 cm³/mol. The van der Waals surface area contributed by atoms with Crippen LogP contribution in [0.1, 0.15) is 31.9 Å². The molecule has 1 N–H and O–H groups in total. The molecule has 1 aromatic heterocycles. The lowest BCUT2D eigenvalue weighted by Crippen LogP contribution is -2.29. The van der Waals surface area contributed by atoms with Gasteiger partial charge in [-0.05, 0) is 40.4 Å². The van der Waals surface area contributed by atoms with Gasteiger partial charge in [0.2, 0.25) is 0 Å². The Hall–Kier alpha value is -0.580. The molecule has 0 bridgehead atoms. The van der Waals surface area contributed by atoms with Gasteiger partial charge in [0.15, 0.2) is 0 Å². The standard InChI is InChI=1S/C14H25ClN4/c1-14(6-5-11(9-14)16-2)13-12(15)10-17-19(13)8-7-18(3)4/h10-11,16H,5-9H2,1-4H3. The summed E-state index contributed by atoms with van der Waals surface area (Å²) in [5, 5.41) is 8.67. The maximum atomic E-state index is 6.40. The van der Waals surface area contributed by atoms with Crippen molar-refractivity contribution in [3.05, 3.63) is 16.9 Å². The lowest BCUT2D eigenvalue weighted by molar-refractivity contribution is 0.350. The summed E-state index contributed by atoms with van der Waals surface area (Å²) in [6.07, 6.45) is 5.31. The largest absolute Gasteiger partial charge is 0.317 e. The van der Waals surface area contributed by atoms with Crippen LogP contribution in [0.4, 0.5) is 0 Å². The lowest BCUT2D eigenvalue weighted by Gasteiger charge is -2.26. The molecule has 1 aliphatic carbocycles. The molecule has 2 atom stereocenters. The van der Waals surface area contributed by atoms with Crippen molar-refractivity contribution in [2.45, 2.75) is 44.2 Å². The molecule has 0 saturated heterocycles. The first-order valence-corrected chi connectivity index (χ1v) is 7.38. The summed E-state index contributed by atoms with van der Waals surface area (Å²) in [5.41, 5.74) is 1.36. The van der Waals surface area contributed by atoms with E-state index in [-0.39, 0.29) is 5.41 Å². The van der Waals surface area contributed by atoms with Crippen LogP contribution in [0.25, 0.3) is 0 Å². The number of nitrogens with one attached hydrogen (secondary N) is 1. The molecule has 0 amide bonds. The molecule has 2 rings (SSSR count). The number of nitrogens with zero attached hydrogens (tertiary/aromatic N) is 3. The van der Waals surface area contributed by atoms with Gasteiger partial charge in [-0.2, -0.15) is 5.10 Å². The zero-order valence-electron chi connectivity index (χ0n) is 12.4.